The van der Waals surface area contributed by atoms with E-state index in [0.717, 1.165) is 0 Å². The number of hydrogen-bond donors (Lipinski definition) is 0. The maximum Gasteiger partial charge on any atom is 0.389 e. The predicted octanol–water partition coefficient (Wildman–Crippen LogP) is -0.112. The molecule has 0 aliphatic heterocycles. The quantitative estimate of drug-likeness (QED) is 0.287. The number of carbonyl (C=O) groups excluding carboxylic acids is 3. The van der Waals surface area contributed by atoms with Gasteiger partial charge in [-0.2, -0.15) is 4.39 Å². The van der Waals surface area contributed by atoms with E-state index in [4.69, 9.17) is 0 Å². The van der Waals surface area contributed by atoms with E-state index >= 15 is 0 Å². The van der Waals surface area contributed by atoms with Crippen molar-refractivity contribution in [1.82, 2.24) is 0 Å². The highest BCUT2D eigenvalue weighted by molar-refractivity contribution is 5.92. The van der Waals surface area contributed by atoms with Crippen molar-refractivity contribution in [2.75, 3.05) is 6.67 Å². The van der Waals surface area contributed by atoms with Crippen LogP contribution >= 0.6 is 0 Å². The van der Waals surface area contributed by atoms with Crippen LogP contribution in [-0.2, 0) is 23.9 Å². The molecular formula is C8H6F2O5. The first-order valence-corrected chi connectivity index (χ1v) is 3.59. The molecule has 15 heavy (non-hydrogen) atoms. The van der Waals surface area contributed by atoms with Crippen LogP contribution in [0.3, 0.4) is 0 Å². The minimum Gasteiger partial charge on any atom is -0.410 e. The molecule has 0 rings (SSSR count). The smallest absolute Gasteiger partial charge is 0.389 e. The molecule has 1 unspecified atom stereocenters. The van der Waals surface area contributed by atoms with E-state index in [0.29, 0.717) is 0 Å². The molecule has 0 aliphatic carbocycles. The van der Waals surface area contributed by atoms with Crippen LogP contribution in [0, 0.1) is 11.8 Å². The molecule has 82 valence electrons. The summed E-state index contributed by atoms with van der Waals surface area (Å²) in [7, 11) is 0. The van der Waals surface area contributed by atoms with Crippen molar-refractivity contribution in [3.05, 3.63) is 0 Å². The fraction of sp³-hybridized carbons (Fsp3) is 0.375. The minimum absolute atomic E-state index is 1.29. The molecule has 0 fully saturated rings. The molecule has 0 heterocycles. The fourth-order valence-electron chi connectivity index (χ4n) is 0.459. The summed E-state index contributed by atoms with van der Waals surface area (Å²) in [6.07, 6.45) is -2.80. The molecule has 0 bridgehead atoms. The molecule has 0 radical (unpaired) electrons. The maximum absolute atomic E-state index is 12.6. The van der Waals surface area contributed by atoms with Crippen LogP contribution in [0.2, 0.25) is 0 Å². The van der Waals surface area contributed by atoms with Crippen LogP contribution in [0.4, 0.5) is 8.78 Å². The Hall–Kier alpha value is -1.97. The average Bonchev–Trinajstić information content (AvgIpc) is 2.17. The van der Waals surface area contributed by atoms with Gasteiger partial charge in [-0.1, -0.05) is 5.92 Å². The fourth-order valence-corrected chi connectivity index (χ4v) is 0.459. The topological polar surface area (TPSA) is 69.7 Å². The Morgan fingerprint density at radius 1 is 1.40 bits per heavy atom. The van der Waals surface area contributed by atoms with E-state index < -0.39 is 30.9 Å². The molecule has 0 aromatic rings. The number of halogens is 2. The van der Waals surface area contributed by atoms with E-state index in [9.17, 15) is 23.2 Å². The third-order valence-corrected chi connectivity index (χ3v) is 0.946. The van der Waals surface area contributed by atoms with E-state index in [1.165, 1.54) is 6.92 Å². The van der Waals surface area contributed by atoms with Crippen molar-refractivity contribution in [3.8, 4) is 11.8 Å². The third-order valence-electron chi connectivity index (χ3n) is 0.946. The first-order chi connectivity index (χ1) is 7.01. The second-order valence-electron chi connectivity index (χ2n) is 2.02. The lowest BCUT2D eigenvalue weighted by molar-refractivity contribution is -0.181. The van der Waals surface area contributed by atoms with E-state index in [-0.39, 0.29) is 0 Å². The second-order valence-corrected chi connectivity index (χ2v) is 2.02. The van der Waals surface area contributed by atoms with Gasteiger partial charge in [0.05, 0.1) is 0 Å². The number of hydrogen-bond acceptors (Lipinski definition) is 5. The number of esters is 3. The minimum atomic E-state index is -2.80. The SMILES string of the molecule is CC#CC(=O)OC(F)C(=O)OC(=O)CF. The number of carbonyl (C=O) groups is 3. The van der Waals surface area contributed by atoms with Crippen LogP contribution in [0.1, 0.15) is 6.92 Å². The van der Waals surface area contributed by atoms with Gasteiger partial charge in [-0.25, -0.2) is 18.8 Å². The Morgan fingerprint density at radius 3 is 2.47 bits per heavy atom. The summed E-state index contributed by atoms with van der Waals surface area (Å²) in [6.45, 7) is -0.291. The summed E-state index contributed by atoms with van der Waals surface area (Å²) < 4.78 is 31.5. The van der Waals surface area contributed by atoms with Gasteiger partial charge in [-0.3, -0.25) is 0 Å². The van der Waals surface area contributed by atoms with Gasteiger partial charge in [0.15, 0.2) is 6.67 Å². The Bertz CT molecular complexity index is 328. The van der Waals surface area contributed by atoms with E-state index in [1.54, 1.807) is 5.92 Å². The number of rotatable bonds is 3. The van der Waals surface area contributed by atoms with Gasteiger partial charge in [-0.15, -0.1) is 0 Å². The van der Waals surface area contributed by atoms with Gasteiger partial charge in [-0.05, 0) is 6.92 Å². The molecule has 0 N–H and O–H groups in total. The average molecular weight is 220 g/mol. The molecule has 5 nitrogen and oxygen atoms in total. The van der Waals surface area contributed by atoms with E-state index in [2.05, 4.69) is 15.4 Å². The second kappa shape index (κ2) is 6.48. The monoisotopic (exact) mass is 220 g/mol. The zero-order valence-electron chi connectivity index (χ0n) is 7.58. The zero-order chi connectivity index (χ0) is 11.8. The molecule has 0 saturated carbocycles. The maximum atomic E-state index is 12.6. The van der Waals surface area contributed by atoms with Gasteiger partial charge in [0.25, 0.3) is 0 Å². The molecule has 1 atom stereocenters. The predicted molar refractivity (Wildman–Crippen MR) is 41.5 cm³/mol. The van der Waals surface area contributed by atoms with Crippen molar-refractivity contribution in [2.24, 2.45) is 0 Å². The summed E-state index contributed by atoms with van der Waals surface area (Å²) in [5, 5.41) is 0. The molecule has 0 saturated heterocycles. The standard InChI is InChI=1S/C8H6F2O5/c1-2-3-5(11)14-7(10)8(13)15-6(12)4-9/h7H,4H2,1H3. The summed E-state index contributed by atoms with van der Waals surface area (Å²) in [4.78, 5) is 31.2. The summed E-state index contributed by atoms with van der Waals surface area (Å²) >= 11 is 0. The summed E-state index contributed by atoms with van der Waals surface area (Å²) in [5.74, 6) is -0.794. The Balaban J connectivity index is 4.14. The normalized spacial score (nSPS) is 10.6. The highest BCUT2D eigenvalue weighted by atomic mass is 19.1. The van der Waals surface area contributed by atoms with E-state index in [1.807, 2.05) is 0 Å². The summed E-state index contributed by atoms with van der Waals surface area (Å²) in [5.41, 5.74) is 0. The van der Waals surface area contributed by atoms with Gasteiger partial charge in [0, 0.05) is 5.92 Å². The molecule has 0 aromatic heterocycles. The first kappa shape index (κ1) is 13.0. The van der Waals surface area contributed by atoms with Gasteiger partial charge in [0.1, 0.15) is 0 Å². The van der Waals surface area contributed by atoms with Crippen LogP contribution in [0.15, 0.2) is 0 Å². The molecular weight excluding hydrogens is 214 g/mol. The lowest BCUT2D eigenvalue weighted by atomic mass is 10.6. The largest absolute Gasteiger partial charge is 0.410 e. The molecule has 0 aromatic carbocycles. The van der Waals surface area contributed by atoms with Gasteiger partial charge >= 0.3 is 24.3 Å². The molecule has 0 amide bonds. The van der Waals surface area contributed by atoms with Crippen LogP contribution in [0.25, 0.3) is 0 Å². The Morgan fingerprint density at radius 2 is 2.00 bits per heavy atom. The molecule has 0 spiro atoms. The lowest BCUT2D eigenvalue weighted by Crippen LogP contribution is -2.27. The Kier molecular flexibility index (Phi) is 5.63. The highest BCUT2D eigenvalue weighted by Crippen LogP contribution is 1.98. The van der Waals surface area contributed by atoms with Crippen molar-refractivity contribution in [1.29, 1.82) is 0 Å². The van der Waals surface area contributed by atoms with Crippen LogP contribution in [0.5, 0.6) is 0 Å². The Labute approximate surface area is 83.3 Å². The van der Waals surface area contributed by atoms with Crippen LogP contribution < -0.4 is 0 Å². The third kappa shape index (κ3) is 5.36. The van der Waals surface area contributed by atoms with Crippen LogP contribution in [-0.4, -0.2) is 30.9 Å². The molecule has 7 heteroatoms. The zero-order valence-corrected chi connectivity index (χ0v) is 7.58. The van der Waals surface area contributed by atoms with Gasteiger partial charge < -0.3 is 9.47 Å². The summed E-state index contributed by atoms with van der Waals surface area (Å²) in [6, 6.07) is 0. The number of alkyl halides is 2. The number of ether oxygens (including phenoxy) is 2. The van der Waals surface area contributed by atoms with Crippen molar-refractivity contribution < 1.29 is 32.6 Å². The highest BCUT2D eigenvalue weighted by Gasteiger charge is 2.25. The lowest BCUT2D eigenvalue weighted by Gasteiger charge is -2.05. The first-order valence-electron chi connectivity index (χ1n) is 3.59. The van der Waals surface area contributed by atoms with Crippen molar-refractivity contribution in [3.63, 3.8) is 0 Å². The van der Waals surface area contributed by atoms with Crippen molar-refractivity contribution in [2.45, 2.75) is 13.3 Å². The molecule has 0 aliphatic rings. The van der Waals surface area contributed by atoms with Crippen molar-refractivity contribution >= 4 is 17.9 Å². The van der Waals surface area contributed by atoms with Gasteiger partial charge in [0.2, 0.25) is 0 Å².